The van der Waals surface area contributed by atoms with E-state index in [2.05, 4.69) is 51.2 Å². The average molecular weight is 166 g/mol. The van der Waals surface area contributed by atoms with Crippen LogP contribution < -0.4 is 0 Å². The van der Waals surface area contributed by atoms with Gasteiger partial charge in [0.25, 0.3) is 0 Å². The number of hydrogen-bond acceptors (Lipinski definition) is 2. The molecular weight excluding hydrogens is 148 g/mol. The van der Waals surface area contributed by atoms with Crippen LogP contribution >= 0.6 is 0 Å². The van der Waals surface area contributed by atoms with Crippen molar-refractivity contribution in [1.82, 2.24) is 9.80 Å². The first-order valence-corrected chi connectivity index (χ1v) is 4.29. The summed E-state index contributed by atoms with van der Waals surface area (Å²) in [5.41, 5.74) is 2.75. The van der Waals surface area contributed by atoms with Crippen LogP contribution in [0.2, 0.25) is 0 Å². The van der Waals surface area contributed by atoms with E-state index in [-0.39, 0.29) is 0 Å². The third-order valence-electron chi connectivity index (χ3n) is 3.08. The van der Waals surface area contributed by atoms with E-state index in [0.717, 1.165) is 5.82 Å². The predicted octanol–water partition coefficient (Wildman–Crippen LogP) is 2.02. The Labute approximate surface area is 75.2 Å². The van der Waals surface area contributed by atoms with E-state index in [1.165, 1.54) is 11.3 Å². The number of rotatable bonds is 0. The van der Waals surface area contributed by atoms with Gasteiger partial charge >= 0.3 is 0 Å². The second-order valence-electron chi connectivity index (χ2n) is 3.53. The van der Waals surface area contributed by atoms with Crippen LogP contribution in [0.25, 0.3) is 0 Å². The van der Waals surface area contributed by atoms with Gasteiger partial charge in [0.15, 0.2) is 0 Å². The zero-order chi connectivity index (χ0) is 9.46. The molecule has 68 valence electrons. The van der Waals surface area contributed by atoms with Crippen LogP contribution in [0.15, 0.2) is 23.7 Å². The van der Waals surface area contributed by atoms with Crippen LogP contribution in [0.5, 0.6) is 0 Å². The van der Waals surface area contributed by atoms with E-state index in [1.807, 2.05) is 0 Å². The predicted molar refractivity (Wildman–Crippen MR) is 52.5 cm³/mol. The van der Waals surface area contributed by atoms with Crippen molar-refractivity contribution in [3.63, 3.8) is 0 Å². The van der Waals surface area contributed by atoms with E-state index in [0.29, 0.717) is 6.04 Å². The maximum Gasteiger partial charge on any atom is 0.101 e. The van der Waals surface area contributed by atoms with Crippen LogP contribution in [-0.4, -0.2) is 29.9 Å². The Hall–Kier alpha value is -0.920. The standard InChI is InChI=1S/C10H18N2/c1-7-8(2)11(5)10(4)12(6)9(7)3/h8H,4H2,1-3,5-6H3. The normalized spacial score (nSPS) is 25.4. The molecule has 1 heterocycles. The zero-order valence-corrected chi connectivity index (χ0v) is 8.68. The Balaban J connectivity index is 3.08. The number of allylic oxidation sites excluding steroid dienone is 1. The minimum absolute atomic E-state index is 0.480. The molecule has 0 saturated carbocycles. The third kappa shape index (κ3) is 1.11. The highest BCUT2D eigenvalue weighted by Gasteiger charge is 2.23. The van der Waals surface area contributed by atoms with Crippen molar-refractivity contribution in [2.45, 2.75) is 26.8 Å². The highest BCUT2D eigenvalue weighted by molar-refractivity contribution is 5.24. The molecule has 12 heavy (non-hydrogen) atoms. The lowest BCUT2D eigenvalue weighted by Gasteiger charge is -2.41. The molecule has 2 heteroatoms. The fourth-order valence-corrected chi connectivity index (χ4v) is 1.51. The summed E-state index contributed by atoms with van der Waals surface area (Å²) in [4.78, 5) is 4.33. The molecule has 0 aliphatic carbocycles. The van der Waals surface area contributed by atoms with Crippen molar-refractivity contribution >= 4 is 0 Å². The summed E-state index contributed by atoms with van der Waals surface area (Å²) in [6, 6.07) is 0.480. The van der Waals surface area contributed by atoms with Gasteiger partial charge in [-0.15, -0.1) is 0 Å². The van der Waals surface area contributed by atoms with Crippen LogP contribution in [-0.2, 0) is 0 Å². The number of nitrogens with zero attached hydrogens (tertiary/aromatic N) is 2. The van der Waals surface area contributed by atoms with Crippen LogP contribution in [0.3, 0.4) is 0 Å². The topological polar surface area (TPSA) is 6.48 Å². The summed E-state index contributed by atoms with van der Waals surface area (Å²) in [7, 11) is 4.14. The van der Waals surface area contributed by atoms with Gasteiger partial charge in [-0.3, -0.25) is 0 Å². The first-order chi connectivity index (χ1) is 5.46. The van der Waals surface area contributed by atoms with Crippen LogP contribution in [0, 0.1) is 0 Å². The van der Waals surface area contributed by atoms with Crippen molar-refractivity contribution in [2.75, 3.05) is 14.1 Å². The summed E-state index contributed by atoms with van der Waals surface area (Å²) in [6.45, 7) is 10.6. The molecule has 0 amide bonds. The number of hydrogen-bond donors (Lipinski definition) is 0. The van der Waals surface area contributed by atoms with E-state index in [1.54, 1.807) is 0 Å². The van der Waals surface area contributed by atoms with Crippen molar-refractivity contribution in [3.05, 3.63) is 23.7 Å². The molecule has 0 aromatic carbocycles. The van der Waals surface area contributed by atoms with Gasteiger partial charge in [0.1, 0.15) is 5.82 Å². The fraction of sp³-hybridized carbons (Fsp3) is 0.600. The van der Waals surface area contributed by atoms with Crippen LogP contribution in [0.1, 0.15) is 20.8 Å². The average Bonchev–Trinajstić information content (AvgIpc) is 2.08. The quantitative estimate of drug-likeness (QED) is 0.543. The molecule has 0 saturated heterocycles. The minimum atomic E-state index is 0.480. The summed E-state index contributed by atoms with van der Waals surface area (Å²) in [6.07, 6.45) is 0. The molecule has 0 aromatic heterocycles. The molecule has 1 aliphatic rings. The maximum absolute atomic E-state index is 4.03. The molecule has 1 unspecified atom stereocenters. The van der Waals surface area contributed by atoms with Gasteiger partial charge in [0.2, 0.25) is 0 Å². The van der Waals surface area contributed by atoms with Crippen molar-refractivity contribution in [1.29, 1.82) is 0 Å². The molecular formula is C10H18N2. The SMILES string of the molecule is C=C1N(C)C(C)=C(C)C(C)N1C. The molecule has 0 radical (unpaired) electrons. The second-order valence-corrected chi connectivity index (χ2v) is 3.53. The fourth-order valence-electron chi connectivity index (χ4n) is 1.51. The van der Waals surface area contributed by atoms with Gasteiger partial charge in [0, 0.05) is 19.8 Å². The summed E-state index contributed by atoms with van der Waals surface area (Å²) in [5.74, 6) is 1.07. The molecule has 0 aromatic rings. The molecule has 2 nitrogen and oxygen atoms in total. The lowest BCUT2D eigenvalue weighted by molar-refractivity contribution is 0.240. The van der Waals surface area contributed by atoms with E-state index >= 15 is 0 Å². The van der Waals surface area contributed by atoms with Crippen molar-refractivity contribution in [3.8, 4) is 0 Å². The Morgan fingerprint density at radius 2 is 1.75 bits per heavy atom. The van der Waals surface area contributed by atoms with Gasteiger partial charge in [-0.05, 0) is 26.3 Å². The molecule has 1 rings (SSSR count). The monoisotopic (exact) mass is 166 g/mol. The Morgan fingerprint density at radius 1 is 1.25 bits per heavy atom. The van der Waals surface area contributed by atoms with Gasteiger partial charge in [0.05, 0.1) is 6.04 Å². The number of likely N-dealkylation sites (N-methyl/N-ethyl adjacent to an activating group) is 1. The first-order valence-electron chi connectivity index (χ1n) is 4.29. The zero-order valence-electron chi connectivity index (χ0n) is 8.68. The highest BCUT2D eigenvalue weighted by Crippen LogP contribution is 2.26. The Morgan fingerprint density at radius 3 is 2.25 bits per heavy atom. The largest absolute Gasteiger partial charge is 0.355 e. The van der Waals surface area contributed by atoms with E-state index < -0.39 is 0 Å². The molecule has 1 aliphatic heterocycles. The maximum atomic E-state index is 4.03. The third-order valence-corrected chi connectivity index (χ3v) is 3.08. The molecule has 0 N–H and O–H groups in total. The lowest BCUT2D eigenvalue weighted by atomic mass is 10.0. The summed E-state index contributed by atoms with van der Waals surface area (Å²) >= 11 is 0. The van der Waals surface area contributed by atoms with E-state index in [4.69, 9.17) is 0 Å². The minimum Gasteiger partial charge on any atom is -0.355 e. The lowest BCUT2D eigenvalue weighted by Crippen LogP contribution is -2.41. The molecule has 0 bridgehead atoms. The van der Waals surface area contributed by atoms with Gasteiger partial charge in [-0.2, -0.15) is 0 Å². The van der Waals surface area contributed by atoms with Gasteiger partial charge in [-0.1, -0.05) is 6.58 Å². The van der Waals surface area contributed by atoms with E-state index in [9.17, 15) is 0 Å². The van der Waals surface area contributed by atoms with Crippen molar-refractivity contribution < 1.29 is 0 Å². The Kier molecular flexibility index (Phi) is 2.18. The van der Waals surface area contributed by atoms with Gasteiger partial charge < -0.3 is 9.80 Å². The smallest absolute Gasteiger partial charge is 0.101 e. The first kappa shape index (κ1) is 9.17. The highest BCUT2D eigenvalue weighted by atomic mass is 15.3. The van der Waals surface area contributed by atoms with Gasteiger partial charge in [-0.25, -0.2) is 0 Å². The summed E-state index contributed by atoms with van der Waals surface area (Å²) < 4.78 is 0. The molecule has 0 fully saturated rings. The summed E-state index contributed by atoms with van der Waals surface area (Å²) in [5, 5.41) is 0. The molecule has 1 atom stereocenters. The van der Waals surface area contributed by atoms with Crippen LogP contribution in [0.4, 0.5) is 0 Å². The van der Waals surface area contributed by atoms with Crippen molar-refractivity contribution in [2.24, 2.45) is 0 Å². The Bertz CT molecular complexity index is 240. The second kappa shape index (κ2) is 2.85. The molecule has 0 spiro atoms.